The van der Waals surface area contributed by atoms with Gasteiger partial charge in [-0.15, -0.1) is 11.3 Å². The molecule has 1 N–H and O–H groups in total. The topological polar surface area (TPSA) is 84.5 Å². The van der Waals surface area contributed by atoms with Crippen LogP contribution < -0.4 is 11.2 Å². The number of thiophene rings is 1. The van der Waals surface area contributed by atoms with E-state index in [1.165, 1.54) is 0 Å². The summed E-state index contributed by atoms with van der Waals surface area (Å²) in [4.78, 5) is 40.9. The minimum absolute atomic E-state index is 0.0170. The molecule has 1 aliphatic rings. The van der Waals surface area contributed by atoms with Gasteiger partial charge >= 0.3 is 11.9 Å². The first-order valence-corrected chi connectivity index (χ1v) is 11.1. The number of amides is 1. The van der Waals surface area contributed by atoms with E-state index in [0.29, 0.717) is 37.9 Å². The summed E-state index contributed by atoms with van der Waals surface area (Å²) in [7, 11) is 0. The molecule has 1 amide bonds. The molecular weight excluding hydrogens is 435 g/mol. The van der Waals surface area contributed by atoms with Gasteiger partial charge in [0.1, 0.15) is 4.83 Å². The van der Waals surface area contributed by atoms with Crippen molar-refractivity contribution in [1.29, 1.82) is 0 Å². The van der Waals surface area contributed by atoms with Crippen molar-refractivity contribution in [2.45, 2.75) is 71.3 Å². The maximum atomic E-state index is 13.2. The van der Waals surface area contributed by atoms with Crippen molar-refractivity contribution in [2.24, 2.45) is 0 Å². The van der Waals surface area contributed by atoms with Gasteiger partial charge in [-0.05, 0) is 38.7 Å². The van der Waals surface area contributed by atoms with E-state index in [-0.39, 0.29) is 27.5 Å². The number of likely N-dealkylation sites (tertiary alicyclic amines) is 1. The molecule has 0 aliphatic carbocycles. The van der Waals surface area contributed by atoms with E-state index >= 15 is 0 Å². The van der Waals surface area contributed by atoms with Crippen LogP contribution in [0.2, 0.25) is 0 Å². The Kier molecular flexibility index (Phi) is 6.39. The highest BCUT2D eigenvalue weighted by atomic mass is 32.1. The number of carbonyl (C=O) groups is 1. The molecule has 11 heteroatoms. The highest BCUT2D eigenvalue weighted by molar-refractivity contribution is 7.20. The van der Waals surface area contributed by atoms with Gasteiger partial charge in [-0.25, -0.2) is 4.79 Å². The van der Waals surface area contributed by atoms with Crippen LogP contribution in [0.4, 0.5) is 13.2 Å². The van der Waals surface area contributed by atoms with Crippen molar-refractivity contribution in [3.8, 4) is 0 Å². The van der Waals surface area contributed by atoms with E-state index in [1.54, 1.807) is 25.7 Å². The number of hydrogen-bond donors (Lipinski definition) is 1. The summed E-state index contributed by atoms with van der Waals surface area (Å²) >= 11 is 0.903. The van der Waals surface area contributed by atoms with Crippen LogP contribution in [0, 0.1) is 0 Å². The van der Waals surface area contributed by atoms with Gasteiger partial charge in [0.2, 0.25) is 0 Å². The molecule has 2 aromatic rings. The molecule has 0 aromatic carbocycles. The van der Waals surface area contributed by atoms with Gasteiger partial charge in [-0.2, -0.15) is 13.2 Å². The molecule has 0 saturated carbocycles. The fourth-order valence-corrected chi connectivity index (χ4v) is 5.25. The number of carbonyl (C=O) groups excluding carboxylic acids is 1. The average Bonchev–Trinajstić information content (AvgIpc) is 3.06. The molecule has 0 spiro atoms. The van der Waals surface area contributed by atoms with Crippen LogP contribution >= 0.6 is 11.3 Å². The van der Waals surface area contributed by atoms with Crippen molar-refractivity contribution in [3.63, 3.8) is 0 Å². The summed E-state index contributed by atoms with van der Waals surface area (Å²) in [5, 5.41) is 10.3. The lowest BCUT2D eigenvalue weighted by Gasteiger charge is -2.35. The zero-order valence-electron chi connectivity index (χ0n) is 17.7. The summed E-state index contributed by atoms with van der Waals surface area (Å²) in [6.45, 7) is 5.11. The first kappa shape index (κ1) is 23.5. The maximum Gasteiger partial charge on any atom is 0.390 e. The second-order valence-corrected chi connectivity index (χ2v) is 9.08. The predicted octanol–water partition coefficient (Wildman–Crippen LogP) is 2.75. The summed E-state index contributed by atoms with van der Waals surface area (Å²) < 4.78 is 40.5. The standard InChI is InChI=1S/C20H26F3N3O4S/c1-4-12-13-15(27)25(5-2)18(29)26(11-8-20(21,22)23)17(13)31-14(12)16(28)24-9-6-19(3,30)7-10-24/h30H,4-11H2,1-3H3. The number of halogens is 3. The van der Waals surface area contributed by atoms with Crippen LogP contribution in [-0.2, 0) is 19.5 Å². The van der Waals surface area contributed by atoms with E-state index in [4.69, 9.17) is 0 Å². The number of aryl methyl sites for hydroxylation is 2. The smallest absolute Gasteiger partial charge is 0.390 e. The Morgan fingerprint density at radius 3 is 2.29 bits per heavy atom. The maximum absolute atomic E-state index is 13.2. The molecule has 31 heavy (non-hydrogen) atoms. The van der Waals surface area contributed by atoms with Crippen molar-refractivity contribution >= 4 is 27.5 Å². The lowest BCUT2D eigenvalue weighted by molar-refractivity contribution is -0.136. The predicted molar refractivity (Wildman–Crippen MR) is 112 cm³/mol. The summed E-state index contributed by atoms with van der Waals surface area (Å²) in [6, 6.07) is 0. The number of hydrogen-bond acceptors (Lipinski definition) is 5. The van der Waals surface area contributed by atoms with Crippen molar-refractivity contribution in [3.05, 3.63) is 31.3 Å². The molecule has 0 atom stereocenters. The van der Waals surface area contributed by atoms with Gasteiger partial charge < -0.3 is 10.0 Å². The Bertz CT molecular complexity index is 1100. The molecule has 3 rings (SSSR count). The molecule has 1 fully saturated rings. The van der Waals surface area contributed by atoms with E-state index in [9.17, 15) is 32.7 Å². The second kappa shape index (κ2) is 8.42. The summed E-state index contributed by atoms with van der Waals surface area (Å²) in [5.74, 6) is -0.328. The van der Waals surface area contributed by atoms with Gasteiger partial charge in [0.25, 0.3) is 11.5 Å². The molecule has 3 heterocycles. The fourth-order valence-electron chi connectivity index (χ4n) is 3.88. The SMILES string of the molecule is CCc1c(C(=O)N2CCC(C)(O)CC2)sc2c1c(=O)n(CC)c(=O)n2CCC(F)(F)F. The van der Waals surface area contributed by atoms with Crippen LogP contribution in [0.15, 0.2) is 9.59 Å². The fraction of sp³-hybridized carbons (Fsp3) is 0.650. The number of piperidine rings is 1. The molecule has 172 valence electrons. The number of aliphatic hydroxyl groups is 1. The Balaban J connectivity index is 2.16. The highest BCUT2D eigenvalue weighted by Gasteiger charge is 2.33. The minimum Gasteiger partial charge on any atom is -0.390 e. The quantitative estimate of drug-likeness (QED) is 0.742. The summed E-state index contributed by atoms with van der Waals surface area (Å²) in [5.41, 5.74) is -1.78. The zero-order valence-corrected chi connectivity index (χ0v) is 18.5. The number of aromatic nitrogens is 2. The third-order valence-corrected chi connectivity index (χ3v) is 7.01. The molecule has 1 aliphatic heterocycles. The second-order valence-electron chi connectivity index (χ2n) is 8.08. The van der Waals surface area contributed by atoms with Gasteiger partial charge in [0.15, 0.2) is 0 Å². The summed E-state index contributed by atoms with van der Waals surface area (Å²) in [6.07, 6.45) is -4.54. The number of fused-ring (bicyclic) bond motifs is 1. The highest BCUT2D eigenvalue weighted by Crippen LogP contribution is 2.32. The van der Waals surface area contributed by atoms with Gasteiger partial charge in [0, 0.05) is 26.2 Å². The van der Waals surface area contributed by atoms with E-state index < -0.39 is 36.0 Å². The zero-order chi connectivity index (χ0) is 23.1. The third kappa shape index (κ3) is 4.57. The molecule has 7 nitrogen and oxygen atoms in total. The molecule has 2 aromatic heterocycles. The number of rotatable bonds is 5. The monoisotopic (exact) mass is 461 g/mol. The van der Waals surface area contributed by atoms with Crippen molar-refractivity contribution in [2.75, 3.05) is 13.1 Å². The Labute approximate surface area is 180 Å². The first-order valence-electron chi connectivity index (χ1n) is 10.3. The van der Waals surface area contributed by atoms with Crippen LogP contribution in [0.1, 0.15) is 55.3 Å². The lowest BCUT2D eigenvalue weighted by atomic mass is 9.93. The Hall–Kier alpha value is -2.14. The Morgan fingerprint density at radius 1 is 1.16 bits per heavy atom. The normalized spacial score (nSPS) is 16.8. The van der Waals surface area contributed by atoms with E-state index in [2.05, 4.69) is 0 Å². The van der Waals surface area contributed by atoms with Gasteiger partial charge in [-0.1, -0.05) is 6.92 Å². The first-order chi connectivity index (χ1) is 14.4. The molecule has 0 bridgehead atoms. The largest absolute Gasteiger partial charge is 0.390 e. The van der Waals surface area contributed by atoms with E-state index in [0.717, 1.165) is 20.5 Å². The van der Waals surface area contributed by atoms with Crippen LogP contribution in [0.3, 0.4) is 0 Å². The Morgan fingerprint density at radius 2 is 1.77 bits per heavy atom. The van der Waals surface area contributed by atoms with Crippen molar-refractivity contribution in [1.82, 2.24) is 14.0 Å². The third-order valence-electron chi connectivity index (χ3n) is 5.77. The van der Waals surface area contributed by atoms with Crippen LogP contribution in [0.25, 0.3) is 10.2 Å². The average molecular weight is 462 g/mol. The molecular formula is C20H26F3N3O4S. The van der Waals surface area contributed by atoms with Crippen LogP contribution in [0.5, 0.6) is 0 Å². The van der Waals surface area contributed by atoms with Crippen molar-refractivity contribution < 1.29 is 23.1 Å². The van der Waals surface area contributed by atoms with Crippen LogP contribution in [-0.4, -0.2) is 49.9 Å². The van der Waals surface area contributed by atoms with E-state index in [1.807, 2.05) is 0 Å². The lowest BCUT2D eigenvalue weighted by Crippen LogP contribution is -2.45. The van der Waals surface area contributed by atoms with Gasteiger partial charge in [-0.3, -0.25) is 18.7 Å². The molecule has 0 unspecified atom stereocenters. The number of alkyl halides is 3. The molecule has 0 radical (unpaired) electrons. The molecule has 1 saturated heterocycles. The minimum atomic E-state index is -4.47. The van der Waals surface area contributed by atoms with Gasteiger partial charge in [0.05, 0.1) is 22.3 Å². The number of nitrogens with zero attached hydrogens (tertiary/aromatic N) is 3.